The lowest BCUT2D eigenvalue weighted by Gasteiger charge is -2.06. The molecule has 3 rings (SSSR count). The topological polar surface area (TPSA) is 171 Å². The second-order valence-electron chi connectivity index (χ2n) is 4.61. The maximum absolute atomic E-state index is 13.8. The van der Waals surface area contributed by atoms with Crippen molar-refractivity contribution in [2.75, 3.05) is 18.3 Å². The summed E-state index contributed by atoms with van der Waals surface area (Å²) in [6, 6.07) is 1.52. The molecule has 15 heteroatoms. The Labute approximate surface area is 165 Å². The van der Waals surface area contributed by atoms with Crippen molar-refractivity contribution in [2.24, 2.45) is 5.14 Å². The molecule has 4 N–H and O–H groups in total. The summed E-state index contributed by atoms with van der Waals surface area (Å²) >= 11 is 2.90. The summed E-state index contributed by atoms with van der Waals surface area (Å²) in [6.07, 6.45) is 0. The molecule has 0 aliphatic rings. The summed E-state index contributed by atoms with van der Waals surface area (Å²) in [5, 5.41) is 17.0. The largest absolute Gasteiger partial charge is 0.446 e. The third-order valence-electron chi connectivity index (χ3n) is 2.83. The van der Waals surface area contributed by atoms with Crippen molar-refractivity contribution >= 4 is 32.0 Å². The fourth-order valence-corrected chi connectivity index (χ4v) is 2.34. The summed E-state index contributed by atoms with van der Waals surface area (Å²) in [5.41, 5.74) is -0.550. The van der Waals surface area contributed by atoms with Crippen molar-refractivity contribution in [2.45, 2.75) is 0 Å². The zero-order valence-corrected chi connectivity index (χ0v) is 15.1. The number of nitrogens with zero attached hydrogens (tertiary/aromatic N) is 4. The summed E-state index contributed by atoms with van der Waals surface area (Å²) in [6.45, 7) is -6.48. The third-order valence-corrected chi connectivity index (χ3v) is 3.79. The number of rotatable bonds is 7. The maximum Gasteiger partial charge on any atom is 0.446 e. The summed E-state index contributed by atoms with van der Waals surface area (Å²) in [4.78, 5) is 12.2. The molecule has 0 radical (unpaired) electrons. The van der Waals surface area contributed by atoms with E-state index in [1.165, 1.54) is 4.72 Å². The van der Waals surface area contributed by atoms with Crippen LogP contribution in [0.4, 0.5) is 10.2 Å². The first-order valence-electron chi connectivity index (χ1n) is 9.10. The van der Waals surface area contributed by atoms with Crippen molar-refractivity contribution in [1.82, 2.24) is 24.8 Å². The molecule has 3 aromatic rings. The van der Waals surface area contributed by atoms with Gasteiger partial charge in [0.05, 0.1) is 14.3 Å². The minimum absolute atomic E-state index is 0.0901. The Kier molecular flexibility index (Phi) is 3.79. The van der Waals surface area contributed by atoms with Crippen molar-refractivity contribution in [3.63, 3.8) is 0 Å². The minimum atomic E-state index is -4.65. The van der Waals surface area contributed by atoms with Gasteiger partial charge >= 0.3 is 5.76 Å². The van der Waals surface area contributed by atoms with Gasteiger partial charge in [-0.2, -0.15) is 8.42 Å². The van der Waals surface area contributed by atoms with Gasteiger partial charge in [-0.25, -0.2) is 28.2 Å². The van der Waals surface area contributed by atoms with Gasteiger partial charge in [0.15, 0.2) is 5.69 Å². The number of anilines is 1. The van der Waals surface area contributed by atoms with Crippen LogP contribution in [0.15, 0.2) is 36.6 Å². The van der Waals surface area contributed by atoms with Gasteiger partial charge in [-0.1, -0.05) is 5.16 Å². The first-order chi connectivity index (χ1) is 14.6. The Morgan fingerprint density at radius 3 is 2.89 bits per heavy atom. The van der Waals surface area contributed by atoms with Crippen LogP contribution in [0.1, 0.15) is 6.85 Å². The summed E-state index contributed by atoms with van der Waals surface area (Å²) in [7, 11) is -4.65. The zero-order chi connectivity index (χ0) is 24.1. The van der Waals surface area contributed by atoms with Crippen LogP contribution in [-0.4, -0.2) is 41.4 Å². The predicted octanol–water partition coefficient (Wildman–Crippen LogP) is -0.0179. The zero-order valence-electron chi connectivity index (χ0n) is 17.7. The molecule has 0 aliphatic carbocycles. The van der Waals surface area contributed by atoms with E-state index in [0.29, 0.717) is 0 Å². The minimum Gasteiger partial charge on any atom is -0.364 e. The molecule has 0 fully saturated rings. The SMILES string of the molecule is [2H]c1cc(-n2c(-c3nonc3NC([2H])([2H])C([2H])([2H])NS(N)(=O)=O)noc2=O)cc(Br)c1F. The van der Waals surface area contributed by atoms with Gasteiger partial charge in [0.25, 0.3) is 10.2 Å². The van der Waals surface area contributed by atoms with E-state index in [1.54, 1.807) is 0 Å². The van der Waals surface area contributed by atoms with Crippen molar-refractivity contribution in [1.29, 1.82) is 0 Å². The van der Waals surface area contributed by atoms with Crippen LogP contribution in [-0.2, 0) is 10.2 Å². The van der Waals surface area contributed by atoms with E-state index in [0.717, 1.165) is 16.7 Å². The maximum atomic E-state index is 13.8. The van der Waals surface area contributed by atoms with Gasteiger partial charge in [0, 0.05) is 15.7 Å². The Balaban J connectivity index is 2.06. The smallest absolute Gasteiger partial charge is 0.364 e. The average Bonchev–Trinajstić information content (AvgIpc) is 3.22. The highest BCUT2D eigenvalue weighted by molar-refractivity contribution is 9.10. The van der Waals surface area contributed by atoms with Crippen LogP contribution < -0.4 is 20.9 Å². The van der Waals surface area contributed by atoms with E-state index in [1.807, 2.05) is 5.32 Å². The Morgan fingerprint density at radius 1 is 1.41 bits per heavy atom. The lowest BCUT2D eigenvalue weighted by Crippen LogP contribution is -2.34. The van der Waals surface area contributed by atoms with E-state index < -0.39 is 58.2 Å². The lowest BCUT2D eigenvalue weighted by molar-refractivity contribution is 0.309. The molecule has 0 amide bonds. The second-order valence-corrected chi connectivity index (χ2v) is 6.76. The fourth-order valence-electron chi connectivity index (χ4n) is 1.80. The highest BCUT2D eigenvalue weighted by Gasteiger charge is 2.23. The van der Waals surface area contributed by atoms with Crippen LogP contribution in [0.2, 0.25) is 0 Å². The first kappa shape index (κ1) is 13.5. The number of halogens is 2. The monoisotopic (exact) mass is 468 g/mol. The number of hydrogen-bond donors (Lipinski definition) is 3. The number of nitrogens with two attached hydrogens (primary N) is 1. The molecule has 0 bridgehead atoms. The van der Waals surface area contributed by atoms with Gasteiger partial charge in [-0.3, -0.25) is 4.52 Å². The molecule has 2 heterocycles. The Hall–Kier alpha value is -2.62. The number of hydrogen-bond acceptors (Lipinski definition) is 9. The van der Waals surface area contributed by atoms with Crippen molar-refractivity contribution in [3.8, 4) is 17.2 Å². The molecular weight excluding hydrogens is 453 g/mol. The van der Waals surface area contributed by atoms with Gasteiger partial charge in [-0.15, -0.1) is 0 Å². The summed E-state index contributed by atoms with van der Waals surface area (Å²) in [5.74, 6) is -3.04. The number of nitrogens with one attached hydrogen (secondary N) is 2. The normalized spacial score (nSPS) is 15.4. The van der Waals surface area contributed by atoms with Gasteiger partial charge < -0.3 is 5.32 Å². The van der Waals surface area contributed by atoms with E-state index in [4.69, 9.17) is 12.0 Å². The van der Waals surface area contributed by atoms with E-state index in [9.17, 15) is 17.6 Å². The van der Waals surface area contributed by atoms with Crippen molar-refractivity contribution < 1.29 is 28.8 Å². The quantitative estimate of drug-likeness (QED) is 0.430. The fraction of sp³-hybridized carbons (Fsp3) is 0.167. The van der Waals surface area contributed by atoms with Gasteiger partial charge in [-0.05, 0) is 44.4 Å². The Morgan fingerprint density at radius 2 is 2.19 bits per heavy atom. The molecule has 2 aromatic heterocycles. The average molecular weight is 469 g/mol. The van der Waals surface area contributed by atoms with Crippen LogP contribution in [0, 0.1) is 5.82 Å². The predicted molar refractivity (Wildman–Crippen MR) is 92.6 cm³/mol. The molecule has 27 heavy (non-hydrogen) atoms. The second kappa shape index (κ2) is 7.55. The molecule has 0 spiro atoms. The van der Waals surface area contributed by atoms with Crippen LogP contribution in [0.25, 0.3) is 17.2 Å². The molecule has 12 nitrogen and oxygen atoms in total. The molecule has 144 valence electrons. The molecule has 0 aliphatic heterocycles. The summed E-state index contributed by atoms with van der Waals surface area (Å²) < 4.78 is 85.6. The molecule has 0 unspecified atom stereocenters. The van der Waals surface area contributed by atoms with Gasteiger partial charge in [0.1, 0.15) is 5.82 Å². The number of aromatic nitrogens is 4. The van der Waals surface area contributed by atoms with Crippen molar-refractivity contribution in [3.05, 3.63) is 39.0 Å². The van der Waals surface area contributed by atoms with Crippen LogP contribution in [0.3, 0.4) is 0 Å². The van der Waals surface area contributed by atoms with E-state index in [-0.39, 0.29) is 10.2 Å². The van der Waals surface area contributed by atoms with E-state index in [2.05, 4.69) is 40.6 Å². The highest BCUT2D eigenvalue weighted by atomic mass is 79.9. The lowest BCUT2D eigenvalue weighted by atomic mass is 10.3. The molecule has 0 atom stereocenters. The van der Waals surface area contributed by atoms with Gasteiger partial charge in [0.2, 0.25) is 11.6 Å². The van der Waals surface area contributed by atoms with E-state index >= 15 is 0 Å². The molecule has 1 aromatic carbocycles. The van der Waals surface area contributed by atoms with Crippen LogP contribution in [0.5, 0.6) is 0 Å². The standard InChI is InChI=1S/C12H11BrFN7O5S/c13-7-5-6(1-2-8(7)14)21-11(20-25-12(21)22)9-10(19-26-18-9)16-3-4-17-27(15,23)24/h1-2,5,17H,3-4H2,(H,16,19)(H2,15,23,24)/i2D,3D2,4D2. The highest BCUT2D eigenvalue weighted by Crippen LogP contribution is 2.25. The van der Waals surface area contributed by atoms with Crippen LogP contribution >= 0.6 is 15.9 Å². The third kappa shape index (κ3) is 4.38. The Bertz CT molecular complexity index is 1320. The first-order valence-corrected chi connectivity index (χ1v) is 8.94. The molecule has 0 saturated heterocycles. The molecular formula is C12H11BrFN7O5S. The number of benzene rings is 1. The molecule has 0 saturated carbocycles.